The fraction of sp³-hybridized carbons (Fsp3) is 0.533. The molecule has 1 heterocycles. The summed E-state index contributed by atoms with van der Waals surface area (Å²) >= 11 is 0. The summed E-state index contributed by atoms with van der Waals surface area (Å²) in [5.74, 6) is 0. The van der Waals surface area contributed by atoms with Crippen molar-refractivity contribution in [2.24, 2.45) is 5.41 Å². The number of nitrogens with one attached hydrogen (secondary N) is 2. The highest BCUT2D eigenvalue weighted by molar-refractivity contribution is 5.46. The third-order valence-corrected chi connectivity index (χ3v) is 4.30. The quantitative estimate of drug-likeness (QED) is 0.853. The van der Waals surface area contributed by atoms with E-state index in [0.29, 0.717) is 17.9 Å². The van der Waals surface area contributed by atoms with Crippen LogP contribution in [-0.4, -0.2) is 19.1 Å². The summed E-state index contributed by atoms with van der Waals surface area (Å²) in [6.45, 7) is 2.39. The van der Waals surface area contributed by atoms with E-state index >= 15 is 0 Å². The molecule has 2 aliphatic rings. The molecular weight excluding hydrogens is 222 g/mol. The smallest absolute Gasteiger partial charge is 0.0669 e. The summed E-state index contributed by atoms with van der Waals surface area (Å²) in [7, 11) is 0. The van der Waals surface area contributed by atoms with Crippen LogP contribution in [0.3, 0.4) is 0 Å². The third-order valence-electron chi connectivity index (χ3n) is 4.30. The summed E-state index contributed by atoms with van der Waals surface area (Å²) in [5, 5.41) is 15.7. The average Bonchev–Trinajstić information content (AvgIpc) is 2.81. The van der Waals surface area contributed by atoms with E-state index in [4.69, 9.17) is 5.26 Å². The molecule has 18 heavy (non-hydrogen) atoms. The Hall–Kier alpha value is -1.53. The zero-order valence-corrected chi connectivity index (χ0v) is 10.6. The van der Waals surface area contributed by atoms with Crippen LogP contribution in [0, 0.1) is 16.7 Å². The van der Waals surface area contributed by atoms with Gasteiger partial charge in [0.1, 0.15) is 0 Å². The van der Waals surface area contributed by atoms with Crippen molar-refractivity contribution in [3.05, 3.63) is 29.8 Å². The second-order valence-electron chi connectivity index (χ2n) is 5.71. The highest BCUT2D eigenvalue weighted by Gasteiger charge is 2.45. The van der Waals surface area contributed by atoms with Gasteiger partial charge in [0, 0.05) is 18.3 Å². The summed E-state index contributed by atoms with van der Waals surface area (Å²) in [6, 6.07) is 11.1. The third kappa shape index (κ3) is 2.21. The maximum absolute atomic E-state index is 8.63. The van der Waals surface area contributed by atoms with E-state index in [0.717, 1.165) is 5.56 Å². The molecular formula is C15H19N3. The number of rotatable bonds is 3. The molecule has 1 aliphatic heterocycles. The van der Waals surface area contributed by atoms with Crippen molar-refractivity contribution >= 4 is 5.69 Å². The molecule has 1 aliphatic carbocycles. The zero-order valence-electron chi connectivity index (χ0n) is 10.6. The molecule has 3 rings (SSSR count). The van der Waals surface area contributed by atoms with Crippen LogP contribution in [0.1, 0.15) is 24.8 Å². The molecule has 0 amide bonds. The van der Waals surface area contributed by atoms with Crippen molar-refractivity contribution in [3.63, 3.8) is 0 Å². The monoisotopic (exact) mass is 241 g/mol. The Morgan fingerprint density at radius 2 is 2.11 bits per heavy atom. The van der Waals surface area contributed by atoms with Crippen LogP contribution in [0.5, 0.6) is 0 Å². The van der Waals surface area contributed by atoms with Crippen LogP contribution >= 0.6 is 0 Å². The minimum absolute atomic E-state index is 0.499. The van der Waals surface area contributed by atoms with Crippen LogP contribution in [0.4, 0.5) is 5.69 Å². The molecule has 94 valence electrons. The Kier molecular flexibility index (Phi) is 2.97. The molecule has 0 atom stereocenters. The van der Waals surface area contributed by atoms with Gasteiger partial charge >= 0.3 is 0 Å². The molecule has 1 saturated carbocycles. The lowest BCUT2D eigenvalue weighted by molar-refractivity contribution is 0.142. The van der Waals surface area contributed by atoms with E-state index in [9.17, 15) is 0 Å². The lowest BCUT2D eigenvalue weighted by Gasteiger charge is -2.45. The van der Waals surface area contributed by atoms with Gasteiger partial charge in [-0.2, -0.15) is 5.26 Å². The fourth-order valence-electron chi connectivity index (χ4n) is 3.28. The molecule has 3 heteroatoms. The Bertz CT molecular complexity index is 444. The second kappa shape index (κ2) is 4.62. The van der Waals surface area contributed by atoms with Gasteiger partial charge in [0.15, 0.2) is 0 Å². The number of benzene rings is 1. The minimum atomic E-state index is 0.499. The fourth-order valence-corrected chi connectivity index (χ4v) is 3.28. The van der Waals surface area contributed by atoms with E-state index in [1.807, 2.05) is 12.1 Å². The molecule has 1 aromatic carbocycles. The molecule has 1 aromatic rings. The molecule has 0 radical (unpaired) electrons. The van der Waals surface area contributed by atoms with Crippen LogP contribution in [0.2, 0.25) is 0 Å². The maximum atomic E-state index is 8.63. The van der Waals surface area contributed by atoms with E-state index in [1.165, 1.54) is 38.0 Å². The Morgan fingerprint density at radius 3 is 2.72 bits per heavy atom. The number of anilines is 1. The molecule has 2 N–H and O–H groups in total. The Morgan fingerprint density at radius 1 is 1.33 bits per heavy atom. The highest BCUT2D eigenvalue weighted by atomic mass is 15.0. The van der Waals surface area contributed by atoms with E-state index in [1.54, 1.807) is 0 Å². The Labute approximate surface area is 108 Å². The van der Waals surface area contributed by atoms with Gasteiger partial charge in [0.05, 0.1) is 12.5 Å². The van der Waals surface area contributed by atoms with Gasteiger partial charge in [-0.3, -0.25) is 0 Å². The van der Waals surface area contributed by atoms with Crippen LogP contribution in [-0.2, 0) is 6.42 Å². The topological polar surface area (TPSA) is 47.9 Å². The largest absolute Gasteiger partial charge is 0.382 e. The SMILES string of the molecule is N#CCc1ccc(NC2CC3(CCNC3)C2)cc1. The van der Waals surface area contributed by atoms with Gasteiger partial charge in [-0.05, 0) is 48.9 Å². The molecule has 2 fully saturated rings. The first kappa shape index (κ1) is 11.6. The van der Waals surface area contributed by atoms with Crippen molar-refractivity contribution in [1.82, 2.24) is 5.32 Å². The maximum Gasteiger partial charge on any atom is 0.0669 e. The molecule has 0 aromatic heterocycles. The lowest BCUT2D eigenvalue weighted by Crippen LogP contribution is -2.46. The first-order valence-electron chi connectivity index (χ1n) is 6.73. The van der Waals surface area contributed by atoms with E-state index < -0.39 is 0 Å². The number of nitriles is 1. The highest BCUT2D eigenvalue weighted by Crippen LogP contribution is 2.46. The van der Waals surface area contributed by atoms with Crippen LogP contribution < -0.4 is 10.6 Å². The standard InChI is InChI=1S/C15H19N3/c16-7-5-12-1-3-13(4-2-12)18-14-9-15(10-14)6-8-17-11-15/h1-4,14,17-18H,5-6,8-11H2. The lowest BCUT2D eigenvalue weighted by atomic mass is 9.65. The average molecular weight is 241 g/mol. The molecule has 0 unspecified atom stereocenters. The molecule has 1 spiro atoms. The minimum Gasteiger partial charge on any atom is -0.382 e. The molecule has 3 nitrogen and oxygen atoms in total. The second-order valence-corrected chi connectivity index (χ2v) is 5.71. The first-order chi connectivity index (χ1) is 8.80. The van der Waals surface area contributed by atoms with Gasteiger partial charge < -0.3 is 10.6 Å². The van der Waals surface area contributed by atoms with Crippen molar-refractivity contribution in [2.75, 3.05) is 18.4 Å². The Balaban J connectivity index is 1.53. The van der Waals surface area contributed by atoms with Gasteiger partial charge in [-0.1, -0.05) is 12.1 Å². The van der Waals surface area contributed by atoms with Crippen LogP contribution in [0.25, 0.3) is 0 Å². The number of nitrogens with zero attached hydrogens (tertiary/aromatic N) is 1. The number of hydrogen-bond donors (Lipinski definition) is 2. The summed E-state index contributed by atoms with van der Waals surface area (Å²) in [4.78, 5) is 0. The van der Waals surface area contributed by atoms with Gasteiger partial charge in [0.25, 0.3) is 0 Å². The zero-order chi connectivity index (χ0) is 12.4. The van der Waals surface area contributed by atoms with Crippen molar-refractivity contribution < 1.29 is 0 Å². The van der Waals surface area contributed by atoms with Crippen molar-refractivity contribution in [1.29, 1.82) is 5.26 Å². The first-order valence-corrected chi connectivity index (χ1v) is 6.73. The van der Waals surface area contributed by atoms with Crippen molar-refractivity contribution in [2.45, 2.75) is 31.7 Å². The van der Waals surface area contributed by atoms with Gasteiger partial charge in [-0.25, -0.2) is 0 Å². The molecule has 1 saturated heterocycles. The molecule has 0 bridgehead atoms. The predicted molar refractivity (Wildman–Crippen MR) is 72.3 cm³/mol. The summed E-state index contributed by atoms with van der Waals surface area (Å²) in [5.41, 5.74) is 2.87. The van der Waals surface area contributed by atoms with E-state index in [-0.39, 0.29) is 0 Å². The van der Waals surface area contributed by atoms with Gasteiger partial charge in [0.2, 0.25) is 0 Å². The van der Waals surface area contributed by atoms with Crippen LogP contribution in [0.15, 0.2) is 24.3 Å². The summed E-state index contributed by atoms with van der Waals surface area (Å²) in [6.07, 6.45) is 4.42. The summed E-state index contributed by atoms with van der Waals surface area (Å²) < 4.78 is 0. The van der Waals surface area contributed by atoms with Gasteiger partial charge in [-0.15, -0.1) is 0 Å². The normalized spacial score (nSPS) is 29.8. The van der Waals surface area contributed by atoms with Crippen molar-refractivity contribution in [3.8, 4) is 6.07 Å². The number of hydrogen-bond acceptors (Lipinski definition) is 3. The predicted octanol–water partition coefficient (Wildman–Crippen LogP) is 2.31. The van der Waals surface area contributed by atoms with E-state index in [2.05, 4.69) is 28.8 Å².